The number of carboxylic acid groups (broad SMARTS) is 1. The molecule has 3 aromatic rings. The van der Waals surface area contributed by atoms with Gasteiger partial charge in [0.15, 0.2) is 9.84 Å². The zero-order chi connectivity index (χ0) is 20.9. The van der Waals surface area contributed by atoms with Gasteiger partial charge in [-0.1, -0.05) is 12.1 Å². The molecule has 0 aliphatic rings. The number of pyridine rings is 1. The fourth-order valence-electron chi connectivity index (χ4n) is 2.94. The lowest BCUT2D eigenvalue weighted by Crippen LogP contribution is -2.07. The Bertz CT molecular complexity index is 1200. The summed E-state index contributed by atoms with van der Waals surface area (Å²) in [5, 5.41) is 9.80. The lowest BCUT2D eigenvalue weighted by molar-refractivity contribution is -0.137. The molecule has 0 saturated heterocycles. The van der Waals surface area contributed by atoms with E-state index in [2.05, 4.69) is 4.98 Å². The van der Waals surface area contributed by atoms with Gasteiger partial charge in [-0.2, -0.15) is 13.2 Å². The summed E-state index contributed by atoms with van der Waals surface area (Å²) in [6.07, 6.45) is -3.48. The van der Waals surface area contributed by atoms with E-state index in [1.165, 1.54) is 37.3 Å². The van der Waals surface area contributed by atoms with Gasteiger partial charge in [0.05, 0.1) is 27.2 Å². The van der Waals surface area contributed by atoms with Crippen LogP contribution in [0.5, 0.6) is 0 Å². The molecule has 5 nitrogen and oxygen atoms in total. The summed E-state index contributed by atoms with van der Waals surface area (Å²) in [5.41, 5.74) is 0.0138. The molecule has 0 fully saturated rings. The smallest absolute Gasteiger partial charge is 0.416 e. The maximum absolute atomic E-state index is 12.8. The van der Waals surface area contributed by atoms with Crippen molar-refractivity contribution in [2.45, 2.75) is 18.0 Å². The van der Waals surface area contributed by atoms with Gasteiger partial charge in [-0.05, 0) is 42.8 Å². The van der Waals surface area contributed by atoms with Crippen LogP contribution >= 0.6 is 0 Å². The third kappa shape index (κ3) is 3.57. The molecule has 0 unspecified atom stereocenters. The second-order valence-electron chi connectivity index (χ2n) is 6.29. The Hall–Kier alpha value is -2.94. The molecule has 1 aromatic heterocycles. The zero-order valence-electron chi connectivity index (χ0n) is 14.7. The van der Waals surface area contributed by atoms with Crippen molar-refractivity contribution in [2.24, 2.45) is 0 Å². The van der Waals surface area contributed by atoms with Gasteiger partial charge in [-0.15, -0.1) is 0 Å². The number of halogens is 3. The van der Waals surface area contributed by atoms with Crippen LogP contribution in [0, 0.1) is 6.92 Å². The van der Waals surface area contributed by atoms with E-state index in [0.717, 1.165) is 18.4 Å². The van der Waals surface area contributed by atoms with E-state index < -0.39 is 27.5 Å². The summed E-state index contributed by atoms with van der Waals surface area (Å²) in [7, 11) is -3.56. The predicted molar refractivity (Wildman–Crippen MR) is 97.0 cm³/mol. The largest absolute Gasteiger partial charge is 0.478 e. The number of rotatable bonds is 3. The molecule has 9 heteroatoms. The van der Waals surface area contributed by atoms with E-state index in [1.54, 1.807) is 0 Å². The van der Waals surface area contributed by atoms with Crippen LogP contribution in [0.3, 0.4) is 0 Å². The van der Waals surface area contributed by atoms with Crippen LogP contribution < -0.4 is 0 Å². The van der Waals surface area contributed by atoms with Crippen molar-refractivity contribution >= 4 is 26.7 Å². The normalized spacial score (nSPS) is 12.3. The van der Waals surface area contributed by atoms with Gasteiger partial charge in [0.25, 0.3) is 0 Å². The monoisotopic (exact) mass is 409 g/mol. The van der Waals surface area contributed by atoms with E-state index in [9.17, 15) is 31.5 Å². The van der Waals surface area contributed by atoms with Gasteiger partial charge >= 0.3 is 12.1 Å². The van der Waals surface area contributed by atoms with Gasteiger partial charge < -0.3 is 5.11 Å². The predicted octanol–water partition coefficient (Wildman–Crippen LogP) is 4.33. The number of nitrogens with zero attached hydrogens (tertiary/aromatic N) is 1. The number of hydrogen-bond acceptors (Lipinski definition) is 4. The number of carboxylic acids is 1. The van der Waals surface area contributed by atoms with Crippen LogP contribution in [-0.4, -0.2) is 30.7 Å². The fourth-order valence-corrected chi connectivity index (χ4v) is 3.59. The highest BCUT2D eigenvalue weighted by Crippen LogP contribution is 2.34. The molecule has 1 heterocycles. The Morgan fingerprint density at radius 3 is 2.18 bits per heavy atom. The molecule has 0 radical (unpaired) electrons. The van der Waals surface area contributed by atoms with E-state index >= 15 is 0 Å². The number of benzene rings is 2. The highest BCUT2D eigenvalue weighted by Gasteiger charge is 2.30. The standard InChI is InChI=1S/C19H14F3NO4S/c1-10-16(18(24)25)14-9-13(28(2,26)27)7-8-15(14)23-17(10)11-3-5-12(6-4-11)19(20,21)22/h3-9H,1-2H3,(H,24,25). The van der Waals surface area contributed by atoms with Crippen molar-refractivity contribution in [3.63, 3.8) is 0 Å². The molecule has 0 aliphatic carbocycles. The number of hydrogen-bond donors (Lipinski definition) is 1. The number of aromatic nitrogens is 1. The number of carbonyl (C=O) groups is 1. The van der Waals surface area contributed by atoms with Crippen LogP contribution in [0.15, 0.2) is 47.4 Å². The van der Waals surface area contributed by atoms with Crippen molar-refractivity contribution in [1.82, 2.24) is 4.98 Å². The van der Waals surface area contributed by atoms with E-state index in [-0.39, 0.29) is 32.6 Å². The summed E-state index contributed by atoms with van der Waals surface area (Å²) < 4.78 is 61.9. The first kappa shape index (κ1) is 19.8. The summed E-state index contributed by atoms with van der Waals surface area (Å²) in [6.45, 7) is 1.48. The van der Waals surface area contributed by atoms with Crippen LogP contribution in [0.1, 0.15) is 21.5 Å². The molecule has 3 rings (SSSR count). The molecule has 1 N–H and O–H groups in total. The van der Waals surface area contributed by atoms with Crippen molar-refractivity contribution in [1.29, 1.82) is 0 Å². The van der Waals surface area contributed by atoms with Gasteiger partial charge in [-0.25, -0.2) is 18.2 Å². The first-order valence-corrected chi connectivity index (χ1v) is 9.84. The van der Waals surface area contributed by atoms with Gasteiger partial charge in [0.2, 0.25) is 0 Å². The molecule has 28 heavy (non-hydrogen) atoms. The average Bonchev–Trinajstić information content (AvgIpc) is 2.59. The van der Waals surface area contributed by atoms with Crippen molar-refractivity contribution in [3.8, 4) is 11.3 Å². The third-order valence-corrected chi connectivity index (χ3v) is 5.44. The first-order valence-electron chi connectivity index (χ1n) is 7.95. The Kier molecular flexibility index (Phi) is 4.66. The molecular weight excluding hydrogens is 395 g/mol. The minimum absolute atomic E-state index is 0.0500. The van der Waals surface area contributed by atoms with Gasteiger partial charge in [0.1, 0.15) is 0 Å². The Morgan fingerprint density at radius 1 is 1.07 bits per heavy atom. The minimum Gasteiger partial charge on any atom is -0.478 e. The molecule has 0 spiro atoms. The number of alkyl halides is 3. The topological polar surface area (TPSA) is 84.3 Å². The highest BCUT2D eigenvalue weighted by molar-refractivity contribution is 7.90. The molecular formula is C19H14F3NO4S. The quantitative estimate of drug-likeness (QED) is 0.696. The lowest BCUT2D eigenvalue weighted by atomic mass is 9.97. The Labute approximate surface area is 158 Å². The third-order valence-electron chi connectivity index (χ3n) is 4.33. The molecule has 0 bridgehead atoms. The SMILES string of the molecule is Cc1c(-c2ccc(C(F)(F)F)cc2)nc2ccc(S(C)(=O)=O)cc2c1C(=O)O. The van der Waals surface area contributed by atoms with Crippen molar-refractivity contribution in [3.05, 3.63) is 59.2 Å². The van der Waals surface area contributed by atoms with Gasteiger partial charge in [0, 0.05) is 17.2 Å². The minimum atomic E-state index is -4.49. The van der Waals surface area contributed by atoms with E-state index in [1.807, 2.05) is 0 Å². The number of sulfone groups is 1. The molecule has 0 aliphatic heterocycles. The Morgan fingerprint density at radius 2 is 1.68 bits per heavy atom. The maximum Gasteiger partial charge on any atom is 0.416 e. The summed E-state index contributed by atoms with van der Waals surface area (Å²) >= 11 is 0. The van der Waals surface area contributed by atoms with Crippen LogP contribution in [-0.2, 0) is 16.0 Å². The first-order chi connectivity index (χ1) is 12.9. The molecule has 146 valence electrons. The summed E-state index contributed by atoms with van der Waals surface area (Å²) in [6, 6.07) is 8.17. The molecule has 0 amide bonds. The van der Waals surface area contributed by atoms with Crippen LogP contribution in [0.25, 0.3) is 22.2 Å². The van der Waals surface area contributed by atoms with E-state index in [4.69, 9.17) is 0 Å². The van der Waals surface area contributed by atoms with Gasteiger partial charge in [-0.3, -0.25) is 0 Å². The number of fused-ring (bicyclic) bond motifs is 1. The van der Waals surface area contributed by atoms with Crippen LogP contribution in [0.2, 0.25) is 0 Å². The summed E-state index contributed by atoms with van der Waals surface area (Å²) in [4.78, 5) is 16.2. The average molecular weight is 409 g/mol. The Balaban J connectivity index is 2.28. The molecule has 0 saturated carbocycles. The second-order valence-corrected chi connectivity index (χ2v) is 8.31. The summed E-state index contributed by atoms with van der Waals surface area (Å²) in [5.74, 6) is -1.29. The second kappa shape index (κ2) is 6.59. The number of aromatic carboxylic acids is 1. The van der Waals surface area contributed by atoms with Crippen LogP contribution in [0.4, 0.5) is 13.2 Å². The van der Waals surface area contributed by atoms with Crippen molar-refractivity contribution < 1.29 is 31.5 Å². The molecule has 2 aromatic carbocycles. The lowest BCUT2D eigenvalue weighted by Gasteiger charge is -2.14. The van der Waals surface area contributed by atoms with E-state index in [0.29, 0.717) is 5.56 Å². The fraction of sp³-hybridized carbons (Fsp3) is 0.158. The van der Waals surface area contributed by atoms with Crippen molar-refractivity contribution in [2.75, 3.05) is 6.26 Å². The highest BCUT2D eigenvalue weighted by atomic mass is 32.2. The zero-order valence-corrected chi connectivity index (χ0v) is 15.5. The molecule has 0 atom stereocenters. The maximum atomic E-state index is 12.8.